The van der Waals surface area contributed by atoms with Crippen LogP contribution >= 0.6 is 11.8 Å². The molecule has 1 aliphatic heterocycles. The minimum Gasteiger partial charge on any atom is -0.291 e. The van der Waals surface area contributed by atoms with E-state index in [-0.39, 0.29) is 5.54 Å². The first-order valence-corrected chi connectivity index (χ1v) is 4.88. The molecule has 0 amide bonds. The van der Waals surface area contributed by atoms with Crippen molar-refractivity contribution < 1.29 is 0 Å². The minimum absolute atomic E-state index is 0.204. The predicted octanol–water partition coefficient (Wildman–Crippen LogP) is 1.34. The molecule has 1 rings (SSSR count). The van der Waals surface area contributed by atoms with E-state index in [0.29, 0.717) is 5.25 Å². The van der Waals surface area contributed by atoms with Crippen molar-refractivity contribution in [2.45, 2.75) is 24.1 Å². The third kappa shape index (κ3) is 1.25. The molecular formula is C8H14N2S. The summed E-state index contributed by atoms with van der Waals surface area (Å²) in [5, 5.41) is 9.50. The van der Waals surface area contributed by atoms with Crippen LogP contribution in [0.5, 0.6) is 0 Å². The van der Waals surface area contributed by atoms with E-state index in [4.69, 9.17) is 5.26 Å². The van der Waals surface area contributed by atoms with Gasteiger partial charge in [-0.2, -0.15) is 17.0 Å². The largest absolute Gasteiger partial charge is 0.291 e. The van der Waals surface area contributed by atoms with E-state index in [9.17, 15) is 0 Å². The lowest BCUT2D eigenvalue weighted by Gasteiger charge is -2.32. The summed E-state index contributed by atoms with van der Waals surface area (Å²) < 4.78 is 0. The molecule has 1 heterocycles. The maximum atomic E-state index is 9.05. The van der Waals surface area contributed by atoms with Crippen molar-refractivity contribution in [3.63, 3.8) is 0 Å². The summed E-state index contributed by atoms with van der Waals surface area (Å²) in [5.41, 5.74) is -0.204. The summed E-state index contributed by atoms with van der Waals surface area (Å²) in [7, 11) is 3.98. The van der Waals surface area contributed by atoms with Gasteiger partial charge < -0.3 is 0 Å². The third-order valence-electron chi connectivity index (χ3n) is 2.52. The van der Waals surface area contributed by atoms with Gasteiger partial charge in [-0.1, -0.05) is 6.92 Å². The highest BCUT2D eigenvalue weighted by Gasteiger charge is 2.43. The third-order valence-corrected chi connectivity index (χ3v) is 3.84. The van der Waals surface area contributed by atoms with Crippen molar-refractivity contribution in [2.75, 3.05) is 19.8 Å². The molecule has 3 heteroatoms. The summed E-state index contributed by atoms with van der Waals surface area (Å²) >= 11 is 1.89. The molecule has 0 aromatic carbocycles. The number of rotatable bonds is 1. The fraction of sp³-hybridized carbons (Fsp3) is 0.875. The molecule has 0 saturated carbocycles. The van der Waals surface area contributed by atoms with E-state index in [0.717, 1.165) is 12.2 Å². The molecule has 62 valence electrons. The first kappa shape index (κ1) is 8.89. The molecule has 2 nitrogen and oxygen atoms in total. The van der Waals surface area contributed by atoms with Crippen molar-refractivity contribution in [1.29, 1.82) is 5.26 Å². The van der Waals surface area contributed by atoms with Gasteiger partial charge in [0.25, 0.3) is 0 Å². The zero-order valence-electron chi connectivity index (χ0n) is 7.29. The van der Waals surface area contributed by atoms with Crippen LogP contribution in [0.4, 0.5) is 0 Å². The van der Waals surface area contributed by atoms with Crippen molar-refractivity contribution in [2.24, 2.45) is 0 Å². The Morgan fingerprint density at radius 3 is 2.45 bits per heavy atom. The highest BCUT2D eigenvalue weighted by atomic mass is 32.2. The molecule has 1 fully saturated rings. The Balaban J connectivity index is 2.84. The highest BCUT2D eigenvalue weighted by Crippen LogP contribution is 2.38. The van der Waals surface area contributed by atoms with E-state index in [2.05, 4.69) is 17.9 Å². The number of nitriles is 1. The fourth-order valence-corrected chi connectivity index (χ4v) is 3.01. The molecule has 0 aromatic heterocycles. The summed E-state index contributed by atoms with van der Waals surface area (Å²) in [5.74, 6) is 1.12. The lowest BCUT2D eigenvalue weighted by molar-refractivity contribution is 0.219. The maximum absolute atomic E-state index is 9.05. The minimum atomic E-state index is -0.204. The van der Waals surface area contributed by atoms with Gasteiger partial charge in [-0.05, 0) is 26.3 Å². The smallest absolute Gasteiger partial charge is 0.121 e. The number of thioether (sulfide) groups is 1. The van der Waals surface area contributed by atoms with Gasteiger partial charge in [0, 0.05) is 5.25 Å². The van der Waals surface area contributed by atoms with E-state index in [1.54, 1.807) is 0 Å². The Morgan fingerprint density at radius 2 is 2.27 bits per heavy atom. The Labute approximate surface area is 72.6 Å². The summed E-state index contributed by atoms with van der Waals surface area (Å²) in [6.45, 7) is 2.14. The Morgan fingerprint density at radius 1 is 1.64 bits per heavy atom. The van der Waals surface area contributed by atoms with Crippen LogP contribution < -0.4 is 0 Å². The van der Waals surface area contributed by atoms with Gasteiger partial charge in [0.2, 0.25) is 0 Å². The first-order valence-electron chi connectivity index (χ1n) is 3.84. The number of hydrogen-bond acceptors (Lipinski definition) is 3. The molecule has 0 aromatic rings. The van der Waals surface area contributed by atoms with Gasteiger partial charge in [-0.3, -0.25) is 4.90 Å². The lowest BCUT2D eigenvalue weighted by Crippen LogP contribution is -2.47. The van der Waals surface area contributed by atoms with Crippen LogP contribution in [0.2, 0.25) is 0 Å². The Kier molecular flexibility index (Phi) is 2.46. The van der Waals surface area contributed by atoms with Crippen LogP contribution in [0.15, 0.2) is 0 Å². The van der Waals surface area contributed by atoms with Gasteiger partial charge >= 0.3 is 0 Å². The van der Waals surface area contributed by atoms with Gasteiger partial charge in [0.15, 0.2) is 0 Å². The van der Waals surface area contributed by atoms with Crippen molar-refractivity contribution in [1.82, 2.24) is 4.90 Å². The molecule has 0 N–H and O–H groups in total. The molecule has 1 aliphatic rings. The highest BCUT2D eigenvalue weighted by molar-refractivity contribution is 8.00. The van der Waals surface area contributed by atoms with Crippen molar-refractivity contribution in [3.8, 4) is 6.07 Å². The van der Waals surface area contributed by atoms with E-state index in [1.165, 1.54) is 0 Å². The van der Waals surface area contributed by atoms with Crippen LogP contribution in [0.25, 0.3) is 0 Å². The first-order chi connectivity index (χ1) is 5.13. The number of nitrogens with zero attached hydrogens (tertiary/aromatic N) is 2. The summed E-state index contributed by atoms with van der Waals surface area (Å²) in [6.07, 6.45) is 1.00. The van der Waals surface area contributed by atoms with E-state index < -0.39 is 0 Å². The predicted molar refractivity (Wildman–Crippen MR) is 48.6 cm³/mol. The number of hydrogen-bond donors (Lipinski definition) is 0. The monoisotopic (exact) mass is 170 g/mol. The van der Waals surface area contributed by atoms with Crippen LogP contribution in [0.3, 0.4) is 0 Å². The van der Waals surface area contributed by atoms with Crippen molar-refractivity contribution >= 4 is 11.8 Å². The van der Waals surface area contributed by atoms with Crippen LogP contribution in [0.1, 0.15) is 13.3 Å². The van der Waals surface area contributed by atoms with Crippen molar-refractivity contribution in [3.05, 3.63) is 0 Å². The van der Waals surface area contributed by atoms with Gasteiger partial charge in [0.1, 0.15) is 5.54 Å². The van der Waals surface area contributed by atoms with Gasteiger partial charge in [0.05, 0.1) is 6.07 Å². The Hall–Kier alpha value is -0.200. The molecule has 0 aliphatic carbocycles. The van der Waals surface area contributed by atoms with Gasteiger partial charge in [-0.15, -0.1) is 0 Å². The molecular weight excluding hydrogens is 156 g/mol. The normalized spacial score (nSPS) is 37.5. The fourth-order valence-electron chi connectivity index (χ4n) is 1.57. The molecule has 0 radical (unpaired) electrons. The second-order valence-corrected chi connectivity index (χ2v) is 4.64. The SMILES string of the molecule is CC1SCCC1(C#N)N(C)C. The molecule has 2 atom stereocenters. The Bertz CT molecular complexity index is 185. The maximum Gasteiger partial charge on any atom is 0.121 e. The summed E-state index contributed by atoms with van der Waals surface area (Å²) in [4.78, 5) is 2.05. The lowest BCUT2D eigenvalue weighted by atomic mass is 9.93. The van der Waals surface area contributed by atoms with Crippen LogP contribution in [0, 0.1) is 11.3 Å². The molecule has 2 unspecified atom stereocenters. The van der Waals surface area contributed by atoms with E-state index in [1.807, 2.05) is 25.9 Å². The van der Waals surface area contributed by atoms with Gasteiger partial charge in [-0.25, -0.2) is 0 Å². The molecule has 0 bridgehead atoms. The second kappa shape index (κ2) is 3.04. The summed E-state index contributed by atoms with van der Waals surface area (Å²) in [6, 6.07) is 2.43. The molecule has 0 spiro atoms. The quantitative estimate of drug-likeness (QED) is 0.594. The topological polar surface area (TPSA) is 27.0 Å². The van der Waals surface area contributed by atoms with Crippen LogP contribution in [-0.4, -0.2) is 35.5 Å². The van der Waals surface area contributed by atoms with E-state index >= 15 is 0 Å². The van der Waals surface area contributed by atoms with Crippen LogP contribution in [-0.2, 0) is 0 Å². The standard InChI is InChI=1S/C8H14N2S/c1-7-8(6-9,10(2)3)4-5-11-7/h7H,4-5H2,1-3H3. The average molecular weight is 170 g/mol. The average Bonchev–Trinajstić information content (AvgIpc) is 2.32. The second-order valence-electron chi connectivity index (χ2n) is 3.19. The zero-order valence-corrected chi connectivity index (χ0v) is 8.11. The zero-order chi connectivity index (χ0) is 8.48. The molecule has 11 heavy (non-hydrogen) atoms. The molecule has 1 saturated heterocycles.